The number of aliphatic hydroxyl groups is 1. The number of ketones is 1. The Balaban J connectivity index is 0.000000335. The molecule has 0 aliphatic rings. The zero-order valence-electron chi connectivity index (χ0n) is 32.4. The quantitative estimate of drug-likeness (QED) is 0.0812. The molecule has 5 nitrogen and oxygen atoms in total. The third-order valence-corrected chi connectivity index (χ3v) is 11.5. The van der Waals surface area contributed by atoms with Gasteiger partial charge in [-0.15, -0.1) is 40.5 Å². The Hall–Kier alpha value is -3.25. The Morgan fingerprint density at radius 2 is 1.49 bits per heavy atom. The van der Waals surface area contributed by atoms with Gasteiger partial charge in [0.2, 0.25) is 0 Å². The zero-order valence-corrected chi connectivity index (χ0v) is 35.6. The Kier molecular flexibility index (Phi) is 14.5. The smallest absolute Gasteiger partial charge is 0.164 e. The van der Waals surface area contributed by atoms with Crippen LogP contribution in [0.4, 0.5) is 0 Å². The second kappa shape index (κ2) is 17.5. The van der Waals surface area contributed by atoms with E-state index < -0.39 is 0 Å². The first kappa shape index (κ1) is 42.2. The van der Waals surface area contributed by atoms with Crippen LogP contribution in [0.3, 0.4) is 0 Å². The molecule has 51 heavy (non-hydrogen) atoms. The summed E-state index contributed by atoms with van der Waals surface area (Å²) >= 11 is 1.74. The largest absolute Gasteiger partial charge is 0.512 e. The molecular weight excluding hydrogens is 827 g/mol. The van der Waals surface area contributed by atoms with Gasteiger partial charge in [0.05, 0.1) is 20.8 Å². The van der Waals surface area contributed by atoms with Gasteiger partial charge in [-0.25, -0.2) is 4.98 Å². The molecule has 275 valence electrons. The van der Waals surface area contributed by atoms with Crippen molar-refractivity contribution in [3.8, 4) is 21.8 Å². The summed E-state index contributed by atoms with van der Waals surface area (Å²) in [5, 5.41) is 12.5. The van der Waals surface area contributed by atoms with Gasteiger partial charge in [0.15, 0.2) is 5.78 Å². The average Bonchev–Trinajstić information content (AvgIpc) is 3.53. The molecule has 1 radical (unpaired) electrons. The number of allylic oxidation sites excluding steroid dienone is 2. The van der Waals surface area contributed by atoms with Crippen molar-refractivity contribution >= 4 is 38.1 Å². The molecule has 0 aliphatic heterocycles. The molecule has 0 atom stereocenters. The Bertz CT molecular complexity index is 1960. The molecule has 5 aromatic rings. The molecule has 0 spiro atoms. The van der Waals surface area contributed by atoms with Gasteiger partial charge < -0.3 is 5.11 Å². The first-order valence-electron chi connectivity index (χ1n) is 18.2. The molecule has 0 fully saturated rings. The van der Waals surface area contributed by atoms with E-state index in [2.05, 4.69) is 99.2 Å². The van der Waals surface area contributed by atoms with Crippen molar-refractivity contribution in [1.29, 1.82) is 0 Å². The summed E-state index contributed by atoms with van der Waals surface area (Å²) in [6, 6.07) is 20.8. The van der Waals surface area contributed by atoms with Crippen LogP contribution >= 0.6 is 11.3 Å². The van der Waals surface area contributed by atoms with Gasteiger partial charge in [0.25, 0.3) is 0 Å². The van der Waals surface area contributed by atoms with E-state index in [1.54, 1.807) is 17.7 Å². The van der Waals surface area contributed by atoms with Crippen molar-refractivity contribution in [2.24, 2.45) is 16.7 Å². The van der Waals surface area contributed by atoms with Gasteiger partial charge in [-0.05, 0) is 67.2 Å². The van der Waals surface area contributed by atoms with E-state index in [-0.39, 0.29) is 47.9 Å². The first-order valence-corrected chi connectivity index (χ1v) is 19.0. The van der Waals surface area contributed by atoms with Gasteiger partial charge in [-0.1, -0.05) is 105 Å². The van der Waals surface area contributed by atoms with E-state index in [0.717, 1.165) is 64.8 Å². The number of nitrogens with zero attached hydrogens (tertiary/aromatic N) is 3. The van der Waals surface area contributed by atoms with Crippen LogP contribution in [0.2, 0.25) is 0 Å². The number of benzene rings is 2. The van der Waals surface area contributed by atoms with Crippen molar-refractivity contribution in [3.05, 3.63) is 90.1 Å². The van der Waals surface area contributed by atoms with Gasteiger partial charge in [-0.3, -0.25) is 14.8 Å². The zero-order chi connectivity index (χ0) is 36.9. The van der Waals surface area contributed by atoms with Crippen LogP contribution in [0.25, 0.3) is 42.8 Å². The fraction of sp³-hybridized carbons (Fsp3) is 0.455. The predicted octanol–water partition coefficient (Wildman–Crippen LogP) is 12.5. The maximum absolute atomic E-state index is 12.2. The SMILES string of the molecule is CC(C)Cc1cnc2cc(-c3cc(-c4[c-]c5ccccc5c(C(C)(C)C)c4)ncn3)sc2c1.CCC(C)(CC)C(=O)/C=C(\O)C(C)(CC)CC.[Ir]. The molecule has 0 aliphatic carbocycles. The maximum atomic E-state index is 12.2. The summed E-state index contributed by atoms with van der Waals surface area (Å²) in [6.07, 6.45) is 9.46. The van der Waals surface area contributed by atoms with E-state index in [9.17, 15) is 9.90 Å². The number of aliphatic hydroxyl groups excluding tert-OH is 1. The van der Waals surface area contributed by atoms with Gasteiger partial charge >= 0.3 is 0 Å². The fourth-order valence-electron chi connectivity index (χ4n) is 5.98. The molecule has 0 amide bonds. The molecule has 0 saturated carbocycles. The Morgan fingerprint density at radius 1 is 0.863 bits per heavy atom. The molecule has 7 heteroatoms. The number of fused-ring (bicyclic) bond motifs is 2. The van der Waals surface area contributed by atoms with Crippen LogP contribution in [-0.2, 0) is 36.7 Å². The first-order chi connectivity index (χ1) is 23.6. The molecule has 1 N–H and O–H groups in total. The number of carbonyl (C=O) groups is 1. The summed E-state index contributed by atoms with van der Waals surface area (Å²) in [6.45, 7) is 23.3. The van der Waals surface area contributed by atoms with Gasteiger partial charge in [0, 0.05) is 48.9 Å². The van der Waals surface area contributed by atoms with E-state index in [0.29, 0.717) is 5.92 Å². The summed E-state index contributed by atoms with van der Waals surface area (Å²) in [4.78, 5) is 27.2. The second-order valence-corrected chi connectivity index (χ2v) is 16.6. The Morgan fingerprint density at radius 3 is 2.10 bits per heavy atom. The maximum Gasteiger partial charge on any atom is 0.164 e. The van der Waals surface area contributed by atoms with Crippen LogP contribution in [-0.4, -0.2) is 25.8 Å². The summed E-state index contributed by atoms with van der Waals surface area (Å²) < 4.78 is 1.20. The van der Waals surface area contributed by atoms with Crippen LogP contribution in [0.1, 0.15) is 113 Å². The average molecular weight is 883 g/mol. The van der Waals surface area contributed by atoms with Gasteiger partial charge in [-0.2, -0.15) is 0 Å². The van der Waals surface area contributed by atoms with E-state index >= 15 is 0 Å². The summed E-state index contributed by atoms with van der Waals surface area (Å²) in [5.41, 5.74) is 5.84. The monoisotopic (exact) mass is 883 g/mol. The van der Waals surface area contributed by atoms with Crippen LogP contribution in [0.15, 0.2) is 72.9 Å². The summed E-state index contributed by atoms with van der Waals surface area (Å²) in [7, 11) is 0. The van der Waals surface area contributed by atoms with E-state index in [4.69, 9.17) is 4.98 Å². The minimum Gasteiger partial charge on any atom is -0.512 e. The standard InChI is InChI=1S/C29H28N3S.C15H28O2.Ir/c1-18(2)10-19-11-27-26(30-16-19)15-28(33-27)25-14-24(31-17-32-25)21-12-20-8-6-7-9-22(20)23(13-21)29(3,4)5;1-7-14(5,8-2)12(16)11-13(17)15(6,9-3)10-4;/h6-9,11,13-18H,10H2,1-5H3;11,16H,7-10H2,1-6H3;/q-1;;/b;12-11-;. The van der Waals surface area contributed by atoms with Gasteiger partial charge in [0.1, 0.15) is 12.1 Å². The number of carbonyl (C=O) groups excluding carboxylic acids is 1. The van der Waals surface area contributed by atoms with Crippen molar-refractivity contribution in [3.63, 3.8) is 0 Å². The number of thiophene rings is 1. The molecule has 0 unspecified atom stereocenters. The molecule has 3 aromatic heterocycles. The van der Waals surface area contributed by atoms with Crippen LogP contribution < -0.4 is 0 Å². The Labute approximate surface area is 323 Å². The normalized spacial score (nSPS) is 12.5. The number of hydrogen-bond donors (Lipinski definition) is 1. The number of aromatic nitrogens is 3. The molecule has 0 saturated heterocycles. The minimum atomic E-state index is -0.337. The number of hydrogen-bond acceptors (Lipinski definition) is 6. The minimum absolute atomic E-state index is 0. The summed E-state index contributed by atoms with van der Waals surface area (Å²) in [5.74, 6) is 0.901. The van der Waals surface area contributed by atoms with Crippen molar-refractivity contribution in [2.45, 2.75) is 114 Å². The van der Waals surface area contributed by atoms with Crippen LogP contribution in [0, 0.1) is 22.8 Å². The van der Waals surface area contributed by atoms with Crippen molar-refractivity contribution in [1.82, 2.24) is 15.0 Å². The molecular formula is C44H56IrN3O2S-. The van der Waals surface area contributed by atoms with Crippen molar-refractivity contribution in [2.75, 3.05) is 0 Å². The van der Waals surface area contributed by atoms with E-state index in [1.165, 1.54) is 27.3 Å². The fourth-order valence-corrected chi connectivity index (χ4v) is 7.03. The number of rotatable bonds is 11. The molecule has 5 rings (SSSR count). The molecule has 2 aromatic carbocycles. The second-order valence-electron chi connectivity index (χ2n) is 15.5. The predicted molar refractivity (Wildman–Crippen MR) is 213 cm³/mol. The third kappa shape index (κ3) is 10.0. The van der Waals surface area contributed by atoms with Crippen LogP contribution in [0.5, 0.6) is 0 Å². The number of pyridine rings is 1. The van der Waals surface area contributed by atoms with Crippen molar-refractivity contribution < 1.29 is 30.0 Å². The topological polar surface area (TPSA) is 76.0 Å². The third-order valence-electron chi connectivity index (χ3n) is 10.5. The van der Waals surface area contributed by atoms with E-state index in [1.807, 2.05) is 47.7 Å². The molecule has 3 heterocycles. The molecule has 0 bridgehead atoms.